The number of fused-ring (bicyclic) bond motifs is 1. The second-order valence-electron chi connectivity index (χ2n) is 11.4. The van der Waals surface area contributed by atoms with Crippen molar-refractivity contribution in [2.24, 2.45) is 0 Å². The largest absolute Gasteiger partial charge is 0.508 e. The Morgan fingerprint density at radius 3 is 2.46 bits per heavy atom. The highest BCUT2D eigenvalue weighted by atomic mass is 16.5. The van der Waals surface area contributed by atoms with Crippen LogP contribution in [0.5, 0.6) is 17.2 Å². The van der Waals surface area contributed by atoms with E-state index in [2.05, 4.69) is 41.1 Å². The maximum atomic E-state index is 10.2. The topological polar surface area (TPSA) is 45.2 Å². The number of phenolic OH excluding ortho intramolecular Hbond substituents is 1. The minimum atomic E-state index is -0.156. The molecule has 0 aromatic heterocycles. The van der Waals surface area contributed by atoms with Gasteiger partial charge in [0.1, 0.15) is 22.8 Å². The zero-order valence-electron chi connectivity index (χ0n) is 21.1. The lowest BCUT2D eigenvalue weighted by Gasteiger charge is -2.49. The Hall–Kier alpha value is -2.24. The van der Waals surface area contributed by atoms with Gasteiger partial charge in [0.2, 0.25) is 0 Å². The van der Waals surface area contributed by atoms with E-state index in [9.17, 15) is 5.11 Å². The highest BCUT2D eigenvalue weighted by molar-refractivity contribution is 5.49. The normalized spacial score (nSPS) is 25.9. The number of aromatic hydroxyl groups is 1. The minimum absolute atomic E-state index is 0.156. The molecule has 1 N–H and O–H groups in total. The van der Waals surface area contributed by atoms with Crippen molar-refractivity contribution in [1.82, 2.24) is 9.80 Å². The van der Waals surface area contributed by atoms with Crippen molar-refractivity contribution >= 4 is 0 Å². The van der Waals surface area contributed by atoms with Crippen molar-refractivity contribution in [3.63, 3.8) is 0 Å². The van der Waals surface area contributed by atoms with Gasteiger partial charge in [-0.2, -0.15) is 0 Å². The van der Waals surface area contributed by atoms with Crippen LogP contribution in [-0.2, 0) is 0 Å². The van der Waals surface area contributed by atoms with Gasteiger partial charge in [-0.05, 0) is 102 Å². The second-order valence-corrected chi connectivity index (χ2v) is 11.4. The Labute approximate surface area is 210 Å². The van der Waals surface area contributed by atoms with Crippen molar-refractivity contribution in [3.8, 4) is 17.2 Å². The molecule has 2 saturated heterocycles. The molecule has 1 unspecified atom stereocenters. The van der Waals surface area contributed by atoms with Gasteiger partial charge in [0, 0.05) is 36.7 Å². The van der Waals surface area contributed by atoms with E-state index in [0.717, 1.165) is 56.7 Å². The van der Waals surface area contributed by atoms with E-state index in [0.29, 0.717) is 17.9 Å². The van der Waals surface area contributed by atoms with Crippen LogP contribution in [0.25, 0.3) is 0 Å². The molecule has 35 heavy (non-hydrogen) atoms. The molecule has 4 aliphatic rings. The van der Waals surface area contributed by atoms with Crippen LogP contribution in [0.2, 0.25) is 0 Å². The molecule has 0 amide bonds. The Balaban J connectivity index is 1.25. The minimum Gasteiger partial charge on any atom is -0.508 e. The standard InChI is InChI=1S/C30H40N2O3/c1-31-15-11-23(12-16-31)32-17-13-30(14-18-32)21-28(22-5-4-6-24(33)19-22)27-10-9-26(20-29(27)35-30)34-25-7-2-3-8-25/h4-6,9-10,19-20,23,25,28,33H,2-3,7-8,11-18,21H2,1H3. The SMILES string of the molecule is CN1CCC(N2CCC3(CC2)CC(c2cccc(O)c2)c2ccc(OC4CCCC4)cc2O3)CC1. The zero-order valence-corrected chi connectivity index (χ0v) is 21.1. The van der Waals surface area contributed by atoms with E-state index in [1.54, 1.807) is 6.07 Å². The number of hydrogen-bond donors (Lipinski definition) is 1. The molecule has 2 aromatic rings. The molecule has 6 rings (SSSR count). The molecule has 1 atom stereocenters. The van der Waals surface area contributed by atoms with Crippen molar-refractivity contribution in [2.45, 2.75) is 81.5 Å². The van der Waals surface area contributed by atoms with E-state index in [4.69, 9.17) is 9.47 Å². The van der Waals surface area contributed by atoms with Crippen LogP contribution in [0.3, 0.4) is 0 Å². The number of likely N-dealkylation sites (tertiary alicyclic amines) is 2. The molecule has 0 bridgehead atoms. The monoisotopic (exact) mass is 476 g/mol. The summed E-state index contributed by atoms with van der Waals surface area (Å²) < 4.78 is 13.3. The van der Waals surface area contributed by atoms with Gasteiger partial charge in [-0.1, -0.05) is 18.2 Å². The molecule has 0 radical (unpaired) electrons. The summed E-state index contributed by atoms with van der Waals surface area (Å²) >= 11 is 0. The van der Waals surface area contributed by atoms with Crippen molar-refractivity contribution in [1.29, 1.82) is 0 Å². The maximum absolute atomic E-state index is 10.2. The number of phenols is 1. The van der Waals surface area contributed by atoms with Crippen LogP contribution in [-0.4, -0.2) is 65.9 Å². The summed E-state index contributed by atoms with van der Waals surface area (Å²) in [6.45, 7) is 4.63. The van der Waals surface area contributed by atoms with Crippen LogP contribution < -0.4 is 9.47 Å². The summed E-state index contributed by atoms with van der Waals surface area (Å²) in [7, 11) is 2.24. The first kappa shape index (κ1) is 23.2. The Morgan fingerprint density at radius 2 is 1.71 bits per heavy atom. The molecular weight excluding hydrogens is 436 g/mol. The molecule has 188 valence electrons. The van der Waals surface area contributed by atoms with E-state index in [-0.39, 0.29) is 11.5 Å². The van der Waals surface area contributed by atoms with Gasteiger partial charge in [-0.15, -0.1) is 0 Å². The van der Waals surface area contributed by atoms with Crippen LogP contribution in [0, 0.1) is 0 Å². The van der Waals surface area contributed by atoms with Crippen LogP contribution >= 0.6 is 0 Å². The number of hydrogen-bond acceptors (Lipinski definition) is 5. The van der Waals surface area contributed by atoms with E-state index in [1.807, 2.05) is 12.1 Å². The third-order valence-electron chi connectivity index (χ3n) is 9.05. The quantitative estimate of drug-likeness (QED) is 0.626. The van der Waals surface area contributed by atoms with E-state index >= 15 is 0 Å². The Bertz CT molecular complexity index is 1020. The zero-order chi connectivity index (χ0) is 23.8. The summed E-state index contributed by atoms with van der Waals surface area (Å²) in [5.74, 6) is 2.48. The molecular formula is C30H40N2O3. The molecule has 3 aliphatic heterocycles. The lowest BCUT2D eigenvalue weighted by atomic mass is 9.74. The summed E-state index contributed by atoms with van der Waals surface area (Å²) in [5, 5.41) is 10.2. The van der Waals surface area contributed by atoms with Gasteiger partial charge in [-0.25, -0.2) is 0 Å². The Morgan fingerprint density at radius 1 is 0.943 bits per heavy atom. The number of nitrogens with zero attached hydrogens (tertiary/aromatic N) is 2. The number of ether oxygens (including phenoxy) is 2. The predicted octanol–water partition coefficient (Wildman–Crippen LogP) is 5.56. The van der Waals surface area contributed by atoms with Gasteiger partial charge in [0.25, 0.3) is 0 Å². The van der Waals surface area contributed by atoms with Gasteiger partial charge in [-0.3, -0.25) is 4.90 Å². The number of benzene rings is 2. The van der Waals surface area contributed by atoms with Crippen molar-refractivity contribution in [2.75, 3.05) is 33.2 Å². The molecule has 1 saturated carbocycles. The molecule has 5 nitrogen and oxygen atoms in total. The highest BCUT2D eigenvalue weighted by Gasteiger charge is 2.45. The lowest BCUT2D eigenvalue weighted by molar-refractivity contribution is -0.0346. The van der Waals surface area contributed by atoms with Gasteiger partial charge < -0.3 is 19.5 Å². The number of piperidine rings is 2. The fraction of sp³-hybridized carbons (Fsp3) is 0.600. The molecule has 3 fully saturated rings. The number of rotatable bonds is 4. The molecule has 1 aliphatic carbocycles. The summed E-state index contributed by atoms with van der Waals surface area (Å²) in [4.78, 5) is 5.17. The van der Waals surface area contributed by atoms with Crippen molar-refractivity contribution in [3.05, 3.63) is 53.6 Å². The molecule has 3 heterocycles. The smallest absolute Gasteiger partial charge is 0.127 e. The van der Waals surface area contributed by atoms with E-state index < -0.39 is 0 Å². The van der Waals surface area contributed by atoms with Gasteiger partial charge in [0.15, 0.2) is 0 Å². The summed E-state index contributed by atoms with van der Waals surface area (Å²) in [6, 6.07) is 15.0. The molecule has 2 aromatic carbocycles. The lowest BCUT2D eigenvalue weighted by Crippen LogP contribution is -2.54. The third kappa shape index (κ3) is 4.90. The van der Waals surface area contributed by atoms with Gasteiger partial charge >= 0.3 is 0 Å². The molecule has 5 heteroatoms. The summed E-state index contributed by atoms with van der Waals surface area (Å²) in [6.07, 6.45) is 10.8. The van der Waals surface area contributed by atoms with Crippen molar-refractivity contribution < 1.29 is 14.6 Å². The third-order valence-corrected chi connectivity index (χ3v) is 9.05. The second kappa shape index (κ2) is 9.67. The predicted molar refractivity (Wildman–Crippen MR) is 139 cm³/mol. The summed E-state index contributed by atoms with van der Waals surface area (Å²) in [5.41, 5.74) is 2.24. The average molecular weight is 477 g/mol. The first-order chi connectivity index (χ1) is 17.1. The van der Waals surface area contributed by atoms with E-state index in [1.165, 1.54) is 49.9 Å². The van der Waals surface area contributed by atoms with Crippen LogP contribution in [0.1, 0.15) is 74.8 Å². The van der Waals surface area contributed by atoms with Crippen LogP contribution in [0.4, 0.5) is 0 Å². The first-order valence-electron chi connectivity index (χ1n) is 13.8. The van der Waals surface area contributed by atoms with Gasteiger partial charge in [0.05, 0.1) is 6.10 Å². The Kier molecular flexibility index (Phi) is 6.40. The fourth-order valence-corrected chi connectivity index (χ4v) is 6.92. The first-order valence-corrected chi connectivity index (χ1v) is 13.8. The van der Waals surface area contributed by atoms with Crippen LogP contribution in [0.15, 0.2) is 42.5 Å². The average Bonchev–Trinajstić information content (AvgIpc) is 3.38. The molecule has 1 spiro atoms. The highest BCUT2D eigenvalue weighted by Crippen LogP contribution is 2.49. The maximum Gasteiger partial charge on any atom is 0.127 e. The fourth-order valence-electron chi connectivity index (χ4n) is 6.92.